The molecule has 4 rings (SSSR count). The summed E-state index contributed by atoms with van der Waals surface area (Å²) in [5, 5.41) is 21.0. The van der Waals surface area contributed by atoms with Gasteiger partial charge in [-0.2, -0.15) is 5.26 Å². The molecule has 0 radical (unpaired) electrons. The Bertz CT molecular complexity index is 823. The van der Waals surface area contributed by atoms with Crippen LogP contribution in [0, 0.1) is 11.3 Å². The Morgan fingerprint density at radius 1 is 1.40 bits per heavy atom. The van der Waals surface area contributed by atoms with Crippen LogP contribution in [0.5, 0.6) is 11.5 Å². The molecular formula is C19H20N2O4. The molecule has 1 atom stereocenters. The van der Waals surface area contributed by atoms with Gasteiger partial charge in [-0.05, 0) is 37.5 Å². The summed E-state index contributed by atoms with van der Waals surface area (Å²) in [6.07, 6.45) is 1.74. The molecule has 130 valence electrons. The van der Waals surface area contributed by atoms with Crippen LogP contribution in [0.15, 0.2) is 30.2 Å². The van der Waals surface area contributed by atoms with E-state index in [2.05, 4.69) is 12.6 Å². The number of nitriles is 1. The van der Waals surface area contributed by atoms with E-state index in [1.807, 2.05) is 24.0 Å². The van der Waals surface area contributed by atoms with Crippen molar-refractivity contribution in [2.45, 2.75) is 31.9 Å². The number of hydrogen-bond donors (Lipinski definition) is 1. The minimum Gasteiger partial charge on any atom is -0.494 e. The van der Waals surface area contributed by atoms with E-state index in [0.717, 1.165) is 16.8 Å². The van der Waals surface area contributed by atoms with E-state index < -0.39 is 5.72 Å². The van der Waals surface area contributed by atoms with Gasteiger partial charge in [0.25, 0.3) is 0 Å². The SMILES string of the molecule is C=C(OCC)C1(O)CCC2=C(C#N)c3cc4c(cc3CCN21)OCO4. The van der Waals surface area contributed by atoms with E-state index in [9.17, 15) is 10.4 Å². The Labute approximate surface area is 146 Å². The highest BCUT2D eigenvalue weighted by Gasteiger charge is 2.47. The van der Waals surface area contributed by atoms with Crippen molar-refractivity contribution in [3.8, 4) is 17.6 Å². The van der Waals surface area contributed by atoms with Gasteiger partial charge in [0.2, 0.25) is 6.79 Å². The largest absolute Gasteiger partial charge is 0.494 e. The van der Waals surface area contributed by atoms with Crippen molar-refractivity contribution >= 4 is 5.57 Å². The summed E-state index contributed by atoms with van der Waals surface area (Å²) in [6.45, 7) is 7.00. The van der Waals surface area contributed by atoms with Crippen molar-refractivity contribution in [3.05, 3.63) is 41.3 Å². The molecule has 0 bridgehead atoms. The average molecular weight is 340 g/mol. The smallest absolute Gasteiger partial charge is 0.231 e. The van der Waals surface area contributed by atoms with Crippen LogP contribution in [0.4, 0.5) is 0 Å². The molecule has 3 heterocycles. The molecule has 3 aliphatic heterocycles. The topological polar surface area (TPSA) is 75.0 Å². The van der Waals surface area contributed by atoms with Gasteiger partial charge in [0.15, 0.2) is 17.2 Å². The van der Waals surface area contributed by atoms with Crippen molar-refractivity contribution in [2.75, 3.05) is 19.9 Å². The Hall–Kier alpha value is -2.65. The highest BCUT2D eigenvalue weighted by Crippen LogP contribution is 2.46. The highest BCUT2D eigenvalue weighted by molar-refractivity contribution is 5.83. The van der Waals surface area contributed by atoms with Crippen molar-refractivity contribution in [1.29, 1.82) is 5.26 Å². The van der Waals surface area contributed by atoms with Gasteiger partial charge in [0, 0.05) is 24.2 Å². The van der Waals surface area contributed by atoms with Gasteiger partial charge < -0.3 is 24.2 Å². The normalized spacial score (nSPS) is 23.6. The molecule has 0 saturated carbocycles. The van der Waals surface area contributed by atoms with Crippen LogP contribution in [0.3, 0.4) is 0 Å². The second kappa shape index (κ2) is 5.71. The Morgan fingerprint density at radius 2 is 2.16 bits per heavy atom. The Morgan fingerprint density at radius 3 is 2.88 bits per heavy atom. The zero-order valence-corrected chi connectivity index (χ0v) is 14.2. The summed E-state index contributed by atoms with van der Waals surface area (Å²) < 4.78 is 16.4. The third kappa shape index (κ3) is 2.27. The minimum atomic E-state index is -1.27. The second-order valence-corrected chi connectivity index (χ2v) is 6.37. The first kappa shape index (κ1) is 15.9. The molecule has 0 amide bonds. The number of allylic oxidation sites excluding steroid dienone is 2. The molecule has 6 nitrogen and oxygen atoms in total. The van der Waals surface area contributed by atoms with E-state index in [0.29, 0.717) is 55.2 Å². The maximum absolute atomic E-state index is 11.2. The summed E-state index contributed by atoms with van der Waals surface area (Å²) in [5.74, 6) is 1.70. The third-order valence-electron chi connectivity index (χ3n) is 5.12. The lowest BCUT2D eigenvalue weighted by Gasteiger charge is -2.36. The van der Waals surface area contributed by atoms with E-state index in [1.54, 1.807) is 0 Å². The van der Waals surface area contributed by atoms with Crippen LogP contribution in [-0.4, -0.2) is 35.7 Å². The first-order valence-electron chi connectivity index (χ1n) is 8.47. The fourth-order valence-electron chi connectivity index (χ4n) is 3.88. The molecule has 1 saturated heterocycles. The summed E-state index contributed by atoms with van der Waals surface area (Å²) in [7, 11) is 0. The van der Waals surface area contributed by atoms with Gasteiger partial charge in [-0.25, -0.2) is 0 Å². The van der Waals surface area contributed by atoms with Gasteiger partial charge in [0.05, 0.1) is 12.2 Å². The lowest BCUT2D eigenvalue weighted by molar-refractivity contribution is -0.0759. The fourth-order valence-corrected chi connectivity index (χ4v) is 3.88. The van der Waals surface area contributed by atoms with Crippen LogP contribution in [-0.2, 0) is 11.2 Å². The monoisotopic (exact) mass is 340 g/mol. The summed E-state index contributed by atoms with van der Waals surface area (Å²) >= 11 is 0. The lowest BCUT2D eigenvalue weighted by atomic mass is 9.96. The third-order valence-corrected chi connectivity index (χ3v) is 5.12. The van der Waals surface area contributed by atoms with E-state index >= 15 is 0 Å². The van der Waals surface area contributed by atoms with Gasteiger partial charge in [-0.3, -0.25) is 0 Å². The molecule has 25 heavy (non-hydrogen) atoms. The summed E-state index contributed by atoms with van der Waals surface area (Å²) in [5.41, 5.74) is 2.02. The van der Waals surface area contributed by atoms with Gasteiger partial charge in [-0.15, -0.1) is 0 Å². The van der Waals surface area contributed by atoms with Crippen LogP contribution < -0.4 is 9.47 Å². The second-order valence-electron chi connectivity index (χ2n) is 6.37. The standard InChI is InChI=1S/C19H20N2O4/c1-3-23-12(2)19(22)6-4-16-15(10-20)14-9-18-17(24-11-25-18)8-13(14)5-7-21(16)19/h8-9,22H,2-7,11H2,1H3. The zero-order valence-electron chi connectivity index (χ0n) is 14.2. The number of nitrogens with zero attached hydrogens (tertiary/aromatic N) is 2. The maximum atomic E-state index is 11.2. The number of benzene rings is 1. The highest BCUT2D eigenvalue weighted by atomic mass is 16.7. The predicted octanol–water partition coefficient (Wildman–Crippen LogP) is 2.54. The number of hydrogen-bond acceptors (Lipinski definition) is 6. The van der Waals surface area contributed by atoms with E-state index in [1.165, 1.54) is 0 Å². The van der Waals surface area contributed by atoms with Crippen LogP contribution in [0.2, 0.25) is 0 Å². The number of rotatable bonds is 3. The number of ether oxygens (including phenoxy) is 3. The predicted molar refractivity (Wildman–Crippen MR) is 90.5 cm³/mol. The Balaban J connectivity index is 1.81. The molecule has 1 aromatic rings. The van der Waals surface area contributed by atoms with Gasteiger partial charge in [0.1, 0.15) is 11.8 Å². The molecule has 1 unspecified atom stereocenters. The quantitative estimate of drug-likeness (QED) is 0.853. The summed E-state index contributed by atoms with van der Waals surface area (Å²) in [4.78, 5) is 1.87. The maximum Gasteiger partial charge on any atom is 0.231 e. The summed E-state index contributed by atoms with van der Waals surface area (Å²) in [6, 6.07) is 6.15. The van der Waals surface area contributed by atoms with Gasteiger partial charge in [-0.1, -0.05) is 6.58 Å². The molecule has 1 N–H and O–H groups in total. The van der Waals surface area contributed by atoms with Crippen LogP contribution in [0.25, 0.3) is 5.57 Å². The molecule has 0 aromatic heterocycles. The van der Waals surface area contributed by atoms with Crippen molar-refractivity contribution < 1.29 is 19.3 Å². The first-order valence-corrected chi connectivity index (χ1v) is 8.47. The van der Waals surface area contributed by atoms with E-state index in [-0.39, 0.29) is 6.79 Å². The zero-order chi connectivity index (χ0) is 17.6. The average Bonchev–Trinajstić information content (AvgIpc) is 3.15. The van der Waals surface area contributed by atoms with Crippen LogP contribution >= 0.6 is 0 Å². The molecular weight excluding hydrogens is 320 g/mol. The van der Waals surface area contributed by atoms with E-state index in [4.69, 9.17) is 14.2 Å². The molecule has 1 aromatic carbocycles. The van der Waals surface area contributed by atoms with Crippen molar-refractivity contribution in [2.24, 2.45) is 0 Å². The minimum absolute atomic E-state index is 0.205. The van der Waals surface area contributed by atoms with Gasteiger partial charge >= 0.3 is 0 Å². The van der Waals surface area contributed by atoms with Crippen molar-refractivity contribution in [1.82, 2.24) is 4.90 Å². The molecule has 0 aliphatic carbocycles. The Kier molecular flexibility index (Phi) is 3.62. The van der Waals surface area contributed by atoms with Crippen molar-refractivity contribution in [3.63, 3.8) is 0 Å². The van der Waals surface area contributed by atoms with Crippen LogP contribution in [0.1, 0.15) is 30.9 Å². The number of aliphatic hydroxyl groups is 1. The molecule has 0 spiro atoms. The molecule has 3 aliphatic rings. The molecule has 6 heteroatoms. The fraction of sp³-hybridized carbons (Fsp3) is 0.421. The number of fused-ring (bicyclic) bond motifs is 3. The first-order chi connectivity index (χ1) is 12.1. The molecule has 1 fully saturated rings. The lowest BCUT2D eigenvalue weighted by Crippen LogP contribution is -2.45.